The summed E-state index contributed by atoms with van der Waals surface area (Å²) in [5.41, 5.74) is 3.25. The fraction of sp³-hybridized carbons (Fsp3) is 0.571. The first-order valence-corrected chi connectivity index (χ1v) is 18.2. The molecule has 45 heavy (non-hydrogen) atoms. The smallest absolute Gasteiger partial charge is 0.264 e. The number of amides is 1. The molecule has 2 aromatic rings. The van der Waals surface area contributed by atoms with Crippen molar-refractivity contribution in [3.05, 3.63) is 70.3 Å². The van der Waals surface area contributed by atoms with Crippen molar-refractivity contribution >= 4 is 33.2 Å². The van der Waals surface area contributed by atoms with E-state index in [1.807, 2.05) is 26.0 Å². The number of carbonyl (C=O) groups excluding carboxylic acids is 1. The second kappa shape index (κ2) is 12.9. The van der Waals surface area contributed by atoms with Crippen molar-refractivity contribution in [2.45, 2.75) is 81.7 Å². The van der Waals surface area contributed by atoms with Gasteiger partial charge in [0.15, 0.2) is 0 Å². The molecule has 10 heteroatoms. The largest absolute Gasteiger partial charge is 0.490 e. The average molecular weight is 657 g/mol. The minimum atomic E-state index is -4.10. The highest BCUT2D eigenvalue weighted by atomic mass is 35.5. The van der Waals surface area contributed by atoms with Gasteiger partial charge in [-0.05, 0) is 104 Å². The molecular weight excluding hydrogens is 612 g/mol. The van der Waals surface area contributed by atoms with Crippen LogP contribution >= 0.6 is 11.6 Å². The summed E-state index contributed by atoms with van der Waals surface area (Å²) >= 11 is 6.40. The number of aryl methyl sites for hydroxylation is 1. The van der Waals surface area contributed by atoms with E-state index in [0.717, 1.165) is 42.8 Å². The number of carbonyl (C=O) groups is 1. The Hall–Kier alpha value is -2.59. The minimum absolute atomic E-state index is 0.0571. The van der Waals surface area contributed by atoms with Crippen LogP contribution in [0.1, 0.15) is 73.9 Å². The van der Waals surface area contributed by atoms with Crippen LogP contribution < -0.4 is 14.4 Å². The van der Waals surface area contributed by atoms with Crippen LogP contribution in [0.3, 0.4) is 0 Å². The number of methoxy groups -OCH3 is 1. The number of benzene rings is 2. The summed E-state index contributed by atoms with van der Waals surface area (Å²) in [6.07, 6.45) is 7.80. The summed E-state index contributed by atoms with van der Waals surface area (Å²) in [4.78, 5) is 16.0. The summed E-state index contributed by atoms with van der Waals surface area (Å²) < 4.78 is 42.1. The summed E-state index contributed by atoms with van der Waals surface area (Å²) in [6.45, 7) is 5.76. The molecule has 2 N–H and O–H groups in total. The molecule has 6 atom stereocenters. The molecule has 2 aromatic carbocycles. The van der Waals surface area contributed by atoms with Crippen LogP contribution in [0.25, 0.3) is 0 Å². The quantitative estimate of drug-likeness (QED) is 0.412. The normalized spacial score (nSPS) is 32.0. The number of hydrogen-bond acceptors (Lipinski definition) is 7. The van der Waals surface area contributed by atoms with Gasteiger partial charge in [-0.1, -0.05) is 43.7 Å². The van der Waals surface area contributed by atoms with E-state index in [9.17, 15) is 18.3 Å². The number of halogens is 1. The van der Waals surface area contributed by atoms with Gasteiger partial charge in [0.05, 0.1) is 24.5 Å². The molecule has 6 rings (SSSR count). The second-order valence-corrected chi connectivity index (χ2v) is 16.2. The van der Waals surface area contributed by atoms with E-state index in [-0.39, 0.29) is 28.7 Å². The lowest BCUT2D eigenvalue weighted by Crippen LogP contribution is -2.49. The van der Waals surface area contributed by atoms with E-state index in [2.05, 4.69) is 21.8 Å². The van der Waals surface area contributed by atoms with E-state index in [1.54, 1.807) is 24.3 Å². The number of nitrogens with zero attached hydrogens (tertiary/aromatic N) is 1. The highest BCUT2D eigenvalue weighted by molar-refractivity contribution is 7.90. The molecule has 2 bridgehead atoms. The van der Waals surface area contributed by atoms with E-state index >= 15 is 0 Å². The SMILES string of the molecule is CO[C@@H]1C/C=C\[C@H](O)[C@@H]2CC[C@H]2CN2C[C@@]3(CCCc4cc(Cl)ccc43)COc3ccc(cc32)C(=O)NS(=O)(=O)[C@@H]1CC(C)C. The number of rotatable bonds is 3. The molecule has 8 nitrogen and oxygen atoms in total. The van der Waals surface area contributed by atoms with Gasteiger partial charge in [-0.25, -0.2) is 13.1 Å². The summed E-state index contributed by atoms with van der Waals surface area (Å²) in [6, 6.07) is 11.4. The summed E-state index contributed by atoms with van der Waals surface area (Å²) in [7, 11) is -2.61. The Kier molecular flexibility index (Phi) is 9.27. The Morgan fingerprint density at radius 2 is 2.02 bits per heavy atom. The topological polar surface area (TPSA) is 105 Å². The molecule has 1 saturated carbocycles. The molecule has 1 fully saturated rings. The van der Waals surface area contributed by atoms with E-state index in [0.29, 0.717) is 38.3 Å². The monoisotopic (exact) mass is 656 g/mol. The van der Waals surface area contributed by atoms with Gasteiger partial charge >= 0.3 is 0 Å². The first kappa shape index (κ1) is 32.4. The number of anilines is 1. The van der Waals surface area contributed by atoms with Gasteiger partial charge in [-0.3, -0.25) is 4.79 Å². The van der Waals surface area contributed by atoms with Gasteiger partial charge < -0.3 is 19.5 Å². The lowest BCUT2D eigenvalue weighted by Gasteiger charge is -2.45. The van der Waals surface area contributed by atoms with Crippen molar-refractivity contribution < 1.29 is 27.8 Å². The van der Waals surface area contributed by atoms with Crippen LogP contribution in [0.15, 0.2) is 48.6 Å². The molecular formula is C35H45ClN2O6S. The fourth-order valence-electron chi connectivity index (χ4n) is 7.91. The molecule has 2 aliphatic carbocycles. The third-order valence-electron chi connectivity index (χ3n) is 10.4. The lowest BCUT2D eigenvalue weighted by atomic mass is 9.68. The number of sulfonamides is 1. The van der Waals surface area contributed by atoms with Crippen LogP contribution in [-0.4, -0.2) is 63.7 Å². The molecule has 1 spiro atoms. The predicted molar refractivity (Wildman–Crippen MR) is 177 cm³/mol. The Bertz CT molecular complexity index is 1560. The molecule has 0 saturated heterocycles. The van der Waals surface area contributed by atoms with E-state index in [4.69, 9.17) is 21.1 Å². The number of hydrogen-bond donors (Lipinski definition) is 2. The number of aliphatic hydroxyl groups excluding tert-OH is 1. The maximum Gasteiger partial charge on any atom is 0.264 e. The molecule has 4 aliphatic rings. The zero-order chi connectivity index (χ0) is 31.9. The summed E-state index contributed by atoms with van der Waals surface area (Å²) in [5.74, 6) is 0.387. The van der Waals surface area contributed by atoms with Gasteiger partial charge in [0.25, 0.3) is 5.91 Å². The van der Waals surface area contributed by atoms with Crippen molar-refractivity contribution in [1.82, 2.24) is 4.72 Å². The Labute approximate surface area is 272 Å². The molecule has 244 valence electrons. The average Bonchev–Trinajstić information content (AvgIpc) is 3.12. The lowest BCUT2D eigenvalue weighted by molar-refractivity contribution is 0.0451. The van der Waals surface area contributed by atoms with Gasteiger partial charge in [0, 0.05) is 36.2 Å². The Morgan fingerprint density at radius 1 is 1.20 bits per heavy atom. The minimum Gasteiger partial charge on any atom is -0.490 e. The van der Waals surface area contributed by atoms with Crippen LogP contribution in [0, 0.1) is 17.8 Å². The van der Waals surface area contributed by atoms with Crippen molar-refractivity contribution in [2.24, 2.45) is 17.8 Å². The molecule has 0 unspecified atom stereocenters. The highest BCUT2D eigenvalue weighted by Crippen LogP contribution is 2.46. The third-order valence-corrected chi connectivity index (χ3v) is 12.4. The number of fused-ring (bicyclic) bond motifs is 4. The van der Waals surface area contributed by atoms with Crippen molar-refractivity contribution in [1.29, 1.82) is 0 Å². The maximum absolute atomic E-state index is 13.7. The highest BCUT2D eigenvalue weighted by Gasteiger charge is 2.44. The third kappa shape index (κ3) is 6.51. The van der Waals surface area contributed by atoms with E-state index in [1.165, 1.54) is 18.2 Å². The van der Waals surface area contributed by atoms with Gasteiger partial charge in [0.2, 0.25) is 10.0 Å². The molecule has 2 aliphatic heterocycles. The van der Waals surface area contributed by atoms with Crippen LogP contribution in [-0.2, 0) is 26.6 Å². The molecule has 1 amide bonds. The second-order valence-electron chi connectivity index (χ2n) is 13.9. The molecule has 0 aromatic heterocycles. The van der Waals surface area contributed by atoms with Crippen molar-refractivity contribution in [3.63, 3.8) is 0 Å². The predicted octanol–water partition coefficient (Wildman–Crippen LogP) is 5.65. The van der Waals surface area contributed by atoms with Crippen LogP contribution in [0.5, 0.6) is 5.75 Å². The number of ether oxygens (including phenoxy) is 2. The van der Waals surface area contributed by atoms with Gasteiger partial charge in [-0.2, -0.15) is 0 Å². The van der Waals surface area contributed by atoms with Crippen LogP contribution in [0.2, 0.25) is 5.02 Å². The van der Waals surface area contributed by atoms with Crippen molar-refractivity contribution in [2.75, 3.05) is 31.7 Å². The first-order chi connectivity index (χ1) is 21.5. The number of aliphatic hydroxyl groups is 1. The van der Waals surface area contributed by atoms with Crippen molar-refractivity contribution in [3.8, 4) is 5.75 Å². The first-order valence-electron chi connectivity index (χ1n) is 16.2. The van der Waals surface area contributed by atoms with E-state index < -0.39 is 33.4 Å². The summed E-state index contributed by atoms with van der Waals surface area (Å²) in [5, 5.41) is 11.1. The van der Waals surface area contributed by atoms with Gasteiger partial charge in [0.1, 0.15) is 11.0 Å². The zero-order valence-electron chi connectivity index (χ0n) is 26.4. The molecule has 2 heterocycles. The van der Waals surface area contributed by atoms with Gasteiger partial charge in [-0.15, -0.1) is 0 Å². The standard InChI is InChI=1S/C35H45ClN2O6S/c1-22(2)16-33-32(43-3)8-4-7-30(39)27-12-9-25(27)19-38-20-35(15-5-6-23-17-26(36)11-13-28(23)35)21-44-31-14-10-24(18-29(31)38)34(40)37-45(33,41)42/h4,7,10-11,13-14,17-18,22,25,27,30,32-33,39H,5-6,8-9,12,15-16,19-21H2,1-3H3,(H,37,40)/b7-4-/t25-,27+,30-,32+,33+,35-/m0/s1. The molecule has 0 radical (unpaired) electrons. The number of nitrogens with one attached hydrogen (secondary N) is 1. The maximum atomic E-state index is 13.7. The Balaban J connectivity index is 1.42. The fourth-order valence-corrected chi connectivity index (χ4v) is 9.89. The van der Waals surface area contributed by atoms with Crippen LogP contribution in [0.4, 0.5) is 5.69 Å². The Morgan fingerprint density at radius 3 is 2.76 bits per heavy atom. The zero-order valence-corrected chi connectivity index (χ0v) is 27.9.